The minimum atomic E-state index is -0.798. The Hall–Kier alpha value is -2.89. The third-order valence-corrected chi connectivity index (χ3v) is 4.91. The molecule has 1 fully saturated rings. The smallest absolute Gasteiger partial charge is 0.335 e. The van der Waals surface area contributed by atoms with Crippen LogP contribution in [0.1, 0.15) is 5.56 Å². The lowest BCUT2D eigenvalue weighted by atomic mass is 10.1. The Labute approximate surface area is 177 Å². The van der Waals surface area contributed by atoms with Gasteiger partial charge in [-0.3, -0.25) is 14.9 Å². The molecule has 0 atom stereocenters. The Bertz CT molecular complexity index is 1040. The Balaban J connectivity index is 1.94. The molecule has 1 saturated heterocycles. The topological polar surface area (TPSA) is 75.7 Å². The SMILES string of the molecule is C#CCOc1ccc(/C=C2\C(=O)NC(=O)N(c3ccc(Br)cc3)C2=O)cc1Br. The number of barbiturate groups is 1. The summed E-state index contributed by atoms with van der Waals surface area (Å²) in [7, 11) is 0. The summed E-state index contributed by atoms with van der Waals surface area (Å²) < 4.78 is 6.77. The highest BCUT2D eigenvalue weighted by Gasteiger charge is 2.36. The molecule has 4 amide bonds. The summed E-state index contributed by atoms with van der Waals surface area (Å²) >= 11 is 6.66. The van der Waals surface area contributed by atoms with E-state index >= 15 is 0 Å². The normalized spacial score (nSPS) is 15.4. The number of carbonyl (C=O) groups excluding carboxylic acids is 3. The minimum absolute atomic E-state index is 0.115. The Kier molecular flexibility index (Phi) is 5.97. The fourth-order valence-corrected chi connectivity index (χ4v) is 3.27. The van der Waals surface area contributed by atoms with Crippen LogP contribution in [-0.2, 0) is 9.59 Å². The molecule has 1 aliphatic heterocycles. The van der Waals surface area contributed by atoms with Gasteiger partial charge in [0.2, 0.25) is 0 Å². The molecule has 0 aromatic heterocycles. The zero-order chi connectivity index (χ0) is 20.3. The number of anilines is 1. The van der Waals surface area contributed by atoms with Crippen molar-refractivity contribution in [2.24, 2.45) is 0 Å². The Morgan fingerprint density at radius 2 is 1.82 bits per heavy atom. The van der Waals surface area contributed by atoms with Gasteiger partial charge in [0.1, 0.15) is 17.9 Å². The van der Waals surface area contributed by atoms with Gasteiger partial charge in [0, 0.05) is 4.47 Å². The number of nitrogens with one attached hydrogen (secondary N) is 1. The van der Waals surface area contributed by atoms with Crippen molar-refractivity contribution < 1.29 is 19.1 Å². The number of terminal acetylenes is 1. The summed E-state index contributed by atoms with van der Waals surface area (Å²) in [5.74, 6) is 1.44. The molecule has 2 aromatic rings. The second kappa shape index (κ2) is 8.42. The second-order valence-electron chi connectivity index (χ2n) is 5.62. The molecule has 0 spiro atoms. The van der Waals surface area contributed by atoms with E-state index in [0.29, 0.717) is 21.5 Å². The van der Waals surface area contributed by atoms with Gasteiger partial charge in [0.15, 0.2) is 0 Å². The van der Waals surface area contributed by atoms with Crippen LogP contribution in [0.4, 0.5) is 10.5 Å². The number of halogens is 2. The molecule has 0 aliphatic carbocycles. The molecule has 28 heavy (non-hydrogen) atoms. The number of hydrogen-bond acceptors (Lipinski definition) is 4. The van der Waals surface area contributed by atoms with E-state index in [2.05, 4.69) is 43.1 Å². The highest BCUT2D eigenvalue weighted by atomic mass is 79.9. The van der Waals surface area contributed by atoms with Crippen molar-refractivity contribution in [2.75, 3.05) is 11.5 Å². The van der Waals surface area contributed by atoms with E-state index in [1.54, 1.807) is 42.5 Å². The lowest BCUT2D eigenvalue weighted by molar-refractivity contribution is -0.122. The van der Waals surface area contributed by atoms with Crippen molar-refractivity contribution in [1.82, 2.24) is 5.32 Å². The van der Waals surface area contributed by atoms with E-state index < -0.39 is 17.8 Å². The average Bonchev–Trinajstić information content (AvgIpc) is 2.66. The number of hydrogen-bond donors (Lipinski definition) is 1. The van der Waals surface area contributed by atoms with Gasteiger partial charge < -0.3 is 4.74 Å². The van der Waals surface area contributed by atoms with Crippen molar-refractivity contribution in [3.05, 3.63) is 62.5 Å². The molecule has 0 saturated carbocycles. The first-order valence-corrected chi connectivity index (χ1v) is 9.52. The van der Waals surface area contributed by atoms with E-state index in [4.69, 9.17) is 11.2 Å². The number of imide groups is 2. The molecule has 140 valence electrons. The van der Waals surface area contributed by atoms with Crippen LogP contribution >= 0.6 is 31.9 Å². The van der Waals surface area contributed by atoms with E-state index in [-0.39, 0.29) is 12.2 Å². The number of carbonyl (C=O) groups is 3. The van der Waals surface area contributed by atoms with Gasteiger partial charge in [0.25, 0.3) is 11.8 Å². The van der Waals surface area contributed by atoms with Gasteiger partial charge in [-0.1, -0.05) is 27.9 Å². The number of ether oxygens (including phenoxy) is 1. The zero-order valence-electron chi connectivity index (χ0n) is 14.2. The van der Waals surface area contributed by atoms with Crippen LogP contribution in [0.25, 0.3) is 6.08 Å². The maximum Gasteiger partial charge on any atom is 0.335 e. The van der Waals surface area contributed by atoms with Crippen molar-refractivity contribution >= 4 is 61.5 Å². The summed E-state index contributed by atoms with van der Waals surface area (Å²) in [6.45, 7) is 0.115. The fourth-order valence-electron chi connectivity index (χ4n) is 2.49. The van der Waals surface area contributed by atoms with E-state index in [9.17, 15) is 14.4 Å². The average molecular weight is 504 g/mol. The lowest BCUT2D eigenvalue weighted by Crippen LogP contribution is -2.54. The van der Waals surface area contributed by atoms with Crippen molar-refractivity contribution in [1.29, 1.82) is 0 Å². The van der Waals surface area contributed by atoms with E-state index in [1.807, 2.05) is 0 Å². The van der Waals surface area contributed by atoms with Crippen LogP contribution in [-0.4, -0.2) is 24.5 Å². The zero-order valence-corrected chi connectivity index (χ0v) is 17.4. The molecular formula is C20H12Br2N2O4. The number of benzene rings is 2. The molecule has 0 bridgehead atoms. The summed E-state index contributed by atoms with van der Waals surface area (Å²) in [4.78, 5) is 38.2. The molecule has 1 aliphatic rings. The van der Waals surface area contributed by atoms with Crippen molar-refractivity contribution in [3.8, 4) is 18.1 Å². The first kappa shape index (κ1) is 19.9. The largest absolute Gasteiger partial charge is 0.480 e. The molecule has 0 unspecified atom stereocenters. The lowest BCUT2D eigenvalue weighted by Gasteiger charge is -2.26. The number of urea groups is 1. The first-order valence-electron chi connectivity index (χ1n) is 7.93. The standard InChI is InChI=1S/C20H12Br2N2O4/c1-2-9-28-17-8-3-12(11-16(17)22)10-15-18(25)23-20(27)24(19(15)26)14-6-4-13(21)5-7-14/h1,3-8,10-11H,9H2,(H,23,25,27)/b15-10+. The summed E-state index contributed by atoms with van der Waals surface area (Å²) in [6.07, 6.45) is 6.58. The number of rotatable bonds is 4. The quantitative estimate of drug-likeness (QED) is 0.390. The van der Waals surface area contributed by atoms with Crippen molar-refractivity contribution in [2.45, 2.75) is 0 Å². The van der Waals surface area contributed by atoms with E-state index in [0.717, 1.165) is 9.37 Å². The predicted molar refractivity (Wildman–Crippen MR) is 112 cm³/mol. The second-order valence-corrected chi connectivity index (χ2v) is 7.39. The molecule has 3 rings (SSSR count). The molecule has 1 heterocycles. The van der Waals surface area contributed by atoms with Gasteiger partial charge >= 0.3 is 6.03 Å². The number of amides is 4. The van der Waals surface area contributed by atoms with Crippen LogP contribution in [0.5, 0.6) is 5.75 Å². The molecule has 2 aromatic carbocycles. The van der Waals surface area contributed by atoms with Gasteiger partial charge in [-0.2, -0.15) is 0 Å². The molecule has 6 nitrogen and oxygen atoms in total. The fraction of sp³-hybridized carbons (Fsp3) is 0.0500. The van der Waals surface area contributed by atoms with Crippen LogP contribution in [0, 0.1) is 12.3 Å². The van der Waals surface area contributed by atoms with Gasteiger partial charge in [-0.25, -0.2) is 9.69 Å². The first-order chi connectivity index (χ1) is 13.4. The predicted octanol–water partition coefficient (Wildman–Crippen LogP) is 3.89. The highest BCUT2D eigenvalue weighted by molar-refractivity contribution is 9.10. The maximum atomic E-state index is 12.8. The molecule has 1 N–H and O–H groups in total. The Morgan fingerprint density at radius 1 is 1.11 bits per heavy atom. The van der Waals surface area contributed by atoms with Crippen LogP contribution in [0.2, 0.25) is 0 Å². The minimum Gasteiger partial charge on any atom is -0.480 e. The van der Waals surface area contributed by atoms with Gasteiger partial charge in [-0.05, 0) is 64.0 Å². The molecular weight excluding hydrogens is 492 g/mol. The maximum absolute atomic E-state index is 12.8. The monoisotopic (exact) mass is 502 g/mol. The van der Waals surface area contributed by atoms with Crippen LogP contribution in [0.3, 0.4) is 0 Å². The summed E-state index contributed by atoms with van der Waals surface area (Å²) in [6, 6.07) is 10.8. The van der Waals surface area contributed by atoms with Crippen molar-refractivity contribution in [3.63, 3.8) is 0 Å². The summed E-state index contributed by atoms with van der Waals surface area (Å²) in [5, 5.41) is 2.19. The summed E-state index contributed by atoms with van der Waals surface area (Å²) in [5.41, 5.74) is 0.763. The van der Waals surface area contributed by atoms with Crippen LogP contribution in [0.15, 0.2) is 57.0 Å². The van der Waals surface area contributed by atoms with Crippen LogP contribution < -0.4 is 15.0 Å². The Morgan fingerprint density at radius 3 is 2.46 bits per heavy atom. The third-order valence-electron chi connectivity index (χ3n) is 3.76. The molecule has 0 radical (unpaired) electrons. The van der Waals surface area contributed by atoms with Gasteiger partial charge in [0.05, 0.1) is 10.2 Å². The highest BCUT2D eigenvalue weighted by Crippen LogP contribution is 2.28. The van der Waals surface area contributed by atoms with Gasteiger partial charge in [-0.15, -0.1) is 6.42 Å². The molecule has 8 heteroatoms. The van der Waals surface area contributed by atoms with E-state index in [1.165, 1.54) is 6.08 Å². The number of nitrogens with zero attached hydrogens (tertiary/aromatic N) is 1. The third kappa shape index (κ3) is 4.16.